The molecule has 1 aromatic carbocycles. The second-order valence-corrected chi connectivity index (χ2v) is 6.41. The van der Waals surface area contributed by atoms with Crippen molar-refractivity contribution in [3.63, 3.8) is 0 Å². The Morgan fingerprint density at radius 3 is 2.48 bits per heavy atom. The molecule has 0 fully saturated rings. The monoisotopic (exact) mass is 354 g/mol. The number of carboxylic acid groups (broad SMARTS) is 1. The molecule has 8 heteroatoms. The third-order valence-corrected chi connectivity index (χ3v) is 4.45. The van der Waals surface area contributed by atoms with Gasteiger partial charge >= 0.3 is 12.1 Å². The van der Waals surface area contributed by atoms with Gasteiger partial charge in [-0.25, -0.2) is 4.79 Å². The molecule has 2 aromatic rings. The Kier molecular flexibility index (Phi) is 4.51. The molecule has 2 nitrogen and oxygen atoms in total. The summed E-state index contributed by atoms with van der Waals surface area (Å²) >= 11 is 12.6. The summed E-state index contributed by atoms with van der Waals surface area (Å²) in [5.41, 5.74) is -0.430. The van der Waals surface area contributed by atoms with E-state index in [0.717, 1.165) is 23.5 Å². The topological polar surface area (TPSA) is 37.3 Å². The minimum absolute atomic E-state index is 0.00877. The molecule has 0 aliphatic heterocycles. The SMILES string of the molecule is O=C(O)c1c(Cl)sc(Cl)c1Cc1cccc(C(F)(F)F)c1. The second-order valence-electron chi connectivity index (χ2n) is 4.18. The summed E-state index contributed by atoms with van der Waals surface area (Å²) in [6.07, 6.45) is -4.49. The van der Waals surface area contributed by atoms with Crippen molar-refractivity contribution in [2.24, 2.45) is 0 Å². The van der Waals surface area contributed by atoms with E-state index in [1.807, 2.05) is 0 Å². The van der Waals surface area contributed by atoms with Gasteiger partial charge in [0, 0.05) is 12.0 Å². The highest BCUT2D eigenvalue weighted by molar-refractivity contribution is 7.20. The number of benzene rings is 1. The van der Waals surface area contributed by atoms with Gasteiger partial charge in [0.2, 0.25) is 0 Å². The fourth-order valence-electron chi connectivity index (χ4n) is 1.84. The van der Waals surface area contributed by atoms with E-state index in [9.17, 15) is 18.0 Å². The Labute approximate surface area is 131 Å². The summed E-state index contributed by atoms with van der Waals surface area (Å²) in [6.45, 7) is 0. The van der Waals surface area contributed by atoms with E-state index in [1.54, 1.807) is 0 Å². The summed E-state index contributed by atoms with van der Waals surface area (Å²) in [6, 6.07) is 4.65. The van der Waals surface area contributed by atoms with Crippen molar-refractivity contribution in [1.29, 1.82) is 0 Å². The zero-order valence-corrected chi connectivity index (χ0v) is 12.5. The van der Waals surface area contributed by atoms with Crippen LogP contribution < -0.4 is 0 Å². The molecule has 0 aliphatic carbocycles. The molecule has 21 heavy (non-hydrogen) atoms. The average Bonchev–Trinajstić information content (AvgIpc) is 2.63. The van der Waals surface area contributed by atoms with Crippen LogP contribution in [0.25, 0.3) is 0 Å². The maximum atomic E-state index is 12.7. The maximum Gasteiger partial charge on any atom is 0.416 e. The number of halogens is 5. The van der Waals surface area contributed by atoms with Crippen LogP contribution in [0, 0.1) is 0 Å². The number of carbonyl (C=O) groups is 1. The van der Waals surface area contributed by atoms with Crippen LogP contribution in [0.1, 0.15) is 27.0 Å². The molecule has 0 bridgehead atoms. The molecule has 1 aromatic heterocycles. The fraction of sp³-hybridized carbons (Fsp3) is 0.154. The molecule has 0 saturated heterocycles. The first kappa shape index (κ1) is 16.1. The zero-order chi connectivity index (χ0) is 15.8. The van der Waals surface area contributed by atoms with Gasteiger partial charge in [-0.1, -0.05) is 41.4 Å². The Morgan fingerprint density at radius 2 is 1.90 bits per heavy atom. The molecule has 0 atom stereocenters. The number of aromatic carboxylic acids is 1. The van der Waals surface area contributed by atoms with Crippen molar-refractivity contribution in [2.45, 2.75) is 12.6 Å². The Hall–Kier alpha value is -1.24. The highest BCUT2D eigenvalue weighted by atomic mass is 35.5. The molecule has 0 radical (unpaired) electrons. The van der Waals surface area contributed by atoms with Gasteiger partial charge in [-0.3, -0.25) is 0 Å². The lowest BCUT2D eigenvalue weighted by atomic mass is 10.0. The van der Waals surface area contributed by atoms with Crippen LogP contribution in [0.4, 0.5) is 13.2 Å². The molecule has 112 valence electrons. The average molecular weight is 355 g/mol. The first-order valence-electron chi connectivity index (χ1n) is 5.56. The molecule has 2 rings (SSSR count). The largest absolute Gasteiger partial charge is 0.478 e. The number of carboxylic acids is 1. The van der Waals surface area contributed by atoms with Gasteiger partial charge < -0.3 is 5.11 Å². The first-order valence-corrected chi connectivity index (χ1v) is 7.13. The van der Waals surface area contributed by atoms with Crippen LogP contribution in [0.2, 0.25) is 8.67 Å². The molecule has 1 heterocycles. The maximum absolute atomic E-state index is 12.7. The Morgan fingerprint density at radius 1 is 1.24 bits per heavy atom. The number of alkyl halides is 3. The molecule has 1 N–H and O–H groups in total. The molecule has 0 aliphatic rings. The molecule has 0 amide bonds. The third kappa shape index (κ3) is 3.51. The van der Waals surface area contributed by atoms with Gasteiger partial charge in [0.1, 0.15) is 4.34 Å². The third-order valence-electron chi connectivity index (χ3n) is 2.76. The number of hydrogen-bond donors (Lipinski definition) is 1. The van der Waals surface area contributed by atoms with Gasteiger partial charge in [0.05, 0.1) is 15.5 Å². The highest BCUT2D eigenvalue weighted by Crippen LogP contribution is 2.38. The van der Waals surface area contributed by atoms with Crippen molar-refractivity contribution < 1.29 is 23.1 Å². The molecule has 0 unspecified atom stereocenters. The summed E-state index contributed by atoms with van der Waals surface area (Å²) in [5.74, 6) is -1.26. The van der Waals surface area contributed by atoms with Crippen molar-refractivity contribution in [3.8, 4) is 0 Å². The Bertz CT molecular complexity index is 695. The summed E-state index contributed by atoms with van der Waals surface area (Å²) < 4.78 is 38.1. The van der Waals surface area contributed by atoms with Crippen molar-refractivity contribution in [1.82, 2.24) is 0 Å². The van der Waals surface area contributed by atoms with Gasteiger partial charge in [0.25, 0.3) is 0 Å². The minimum atomic E-state index is -4.46. The van der Waals surface area contributed by atoms with Crippen LogP contribution in [0.3, 0.4) is 0 Å². The number of thiophene rings is 1. The van der Waals surface area contributed by atoms with Crippen LogP contribution in [-0.4, -0.2) is 11.1 Å². The summed E-state index contributed by atoms with van der Waals surface area (Å²) in [4.78, 5) is 11.2. The van der Waals surface area contributed by atoms with E-state index < -0.39 is 17.7 Å². The van der Waals surface area contributed by atoms with E-state index in [0.29, 0.717) is 5.56 Å². The van der Waals surface area contributed by atoms with Crippen LogP contribution in [0.5, 0.6) is 0 Å². The normalized spacial score (nSPS) is 11.7. The van der Waals surface area contributed by atoms with Crippen molar-refractivity contribution in [3.05, 3.63) is 55.2 Å². The van der Waals surface area contributed by atoms with Gasteiger partial charge in [0.15, 0.2) is 0 Å². The van der Waals surface area contributed by atoms with Gasteiger partial charge in [-0.15, -0.1) is 11.3 Å². The quantitative estimate of drug-likeness (QED) is 0.805. The minimum Gasteiger partial charge on any atom is -0.478 e. The molecular weight excluding hydrogens is 348 g/mol. The summed E-state index contributed by atoms with van der Waals surface area (Å²) in [7, 11) is 0. The first-order chi connectivity index (χ1) is 9.70. The lowest BCUT2D eigenvalue weighted by Gasteiger charge is -2.09. The lowest BCUT2D eigenvalue weighted by molar-refractivity contribution is -0.137. The van der Waals surface area contributed by atoms with Crippen molar-refractivity contribution in [2.75, 3.05) is 0 Å². The van der Waals surface area contributed by atoms with E-state index >= 15 is 0 Å². The zero-order valence-electron chi connectivity index (χ0n) is 10.2. The Balaban J connectivity index is 2.42. The second kappa shape index (κ2) is 5.87. The fourth-order valence-corrected chi connectivity index (χ4v) is 3.55. The molecule has 0 spiro atoms. The smallest absolute Gasteiger partial charge is 0.416 e. The van der Waals surface area contributed by atoms with E-state index in [1.165, 1.54) is 12.1 Å². The van der Waals surface area contributed by atoms with Gasteiger partial charge in [-0.2, -0.15) is 13.2 Å². The predicted molar refractivity (Wildman–Crippen MR) is 75.5 cm³/mol. The standard InChI is InChI=1S/C13H7Cl2F3O2S/c14-10-8(9(12(19)20)11(15)21-10)5-6-2-1-3-7(4-6)13(16,17)18/h1-4H,5H2,(H,19,20). The van der Waals surface area contributed by atoms with E-state index in [-0.39, 0.29) is 26.2 Å². The predicted octanol–water partition coefficient (Wildman–Crippen LogP) is 5.36. The van der Waals surface area contributed by atoms with E-state index in [2.05, 4.69) is 0 Å². The summed E-state index contributed by atoms with van der Waals surface area (Å²) in [5, 5.41) is 9.11. The van der Waals surface area contributed by atoms with Gasteiger partial charge in [-0.05, 0) is 11.6 Å². The van der Waals surface area contributed by atoms with Crippen LogP contribution in [0.15, 0.2) is 24.3 Å². The number of rotatable bonds is 3. The molecular formula is C13H7Cl2F3O2S. The lowest BCUT2D eigenvalue weighted by Crippen LogP contribution is -2.06. The van der Waals surface area contributed by atoms with E-state index in [4.69, 9.17) is 28.3 Å². The number of hydrogen-bond acceptors (Lipinski definition) is 2. The van der Waals surface area contributed by atoms with Crippen LogP contribution in [-0.2, 0) is 12.6 Å². The highest BCUT2D eigenvalue weighted by Gasteiger charge is 2.30. The van der Waals surface area contributed by atoms with Crippen LogP contribution >= 0.6 is 34.5 Å². The molecule has 0 saturated carbocycles. The van der Waals surface area contributed by atoms with Crippen molar-refractivity contribution >= 4 is 40.5 Å².